The number of carbonyl (C=O) groups is 2. The fraction of sp³-hybridized carbons (Fsp3) is 0.579. The minimum absolute atomic E-state index is 0.0504. The van der Waals surface area contributed by atoms with Crippen molar-refractivity contribution in [2.45, 2.75) is 56.9 Å². The highest BCUT2D eigenvalue weighted by Gasteiger charge is 2.36. The summed E-state index contributed by atoms with van der Waals surface area (Å²) in [7, 11) is 0. The number of nitrogens with one attached hydrogen (secondary N) is 2. The summed E-state index contributed by atoms with van der Waals surface area (Å²) in [4.78, 5) is 26.5. The standard InChI is InChI=1S/C19H28N4O2/c20-19(11-3-4-12-19)17(24)21-15-7-9-16(10-8-15)22-18(25)23-13-5-1-2-6-14-23/h7-10H,1-6,11-14,20H2,(H,21,24)(H,22,25). The van der Waals surface area contributed by atoms with Gasteiger partial charge in [0, 0.05) is 24.5 Å². The highest BCUT2D eigenvalue weighted by molar-refractivity contribution is 5.98. The molecule has 0 aromatic heterocycles. The second-order valence-electron chi connectivity index (χ2n) is 7.23. The second-order valence-corrected chi connectivity index (χ2v) is 7.23. The van der Waals surface area contributed by atoms with Gasteiger partial charge < -0.3 is 21.3 Å². The molecule has 1 heterocycles. The number of benzene rings is 1. The van der Waals surface area contributed by atoms with Gasteiger partial charge in [0.05, 0.1) is 5.54 Å². The SMILES string of the molecule is NC1(C(=O)Nc2ccc(NC(=O)N3CCCCCC3)cc2)CCCC1. The summed E-state index contributed by atoms with van der Waals surface area (Å²) < 4.78 is 0. The Morgan fingerprint density at radius 2 is 1.36 bits per heavy atom. The third-order valence-electron chi connectivity index (χ3n) is 5.24. The Morgan fingerprint density at radius 1 is 0.840 bits per heavy atom. The molecule has 136 valence electrons. The molecule has 1 aliphatic carbocycles. The van der Waals surface area contributed by atoms with Gasteiger partial charge in [-0.1, -0.05) is 25.7 Å². The highest BCUT2D eigenvalue weighted by Crippen LogP contribution is 2.28. The van der Waals surface area contributed by atoms with E-state index < -0.39 is 5.54 Å². The molecule has 6 nitrogen and oxygen atoms in total. The van der Waals surface area contributed by atoms with Crippen LogP contribution in [-0.2, 0) is 4.79 Å². The predicted molar refractivity (Wildman–Crippen MR) is 99.5 cm³/mol. The molecule has 4 N–H and O–H groups in total. The van der Waals surface area contributed by atoms with E-state index in [4.69, 9.17) is 5.73 Å². The lowest BCUT2D eigenvalue weighted by molar-refractivity contribution is -0.121. The normalized spacial score (nSPS) is 20.0. The molecular formula is C19H28N4O2. The van der Waals surface area contributed by atoms with Crippen LogP contribution in [0.2, 0.25) is 0 Å². The molecule has 0 unspecified atom stereocenters. The number of hydrogen-bond acceptors (Lipinski definition) is 3. The molecule has 0 bridgehead atoms. The largest absolute Gasteiger partial charge is 0.325 e. The van der Waals surface area contributed by atoms with E-state index in [1.807, 2.05) is 17.0 Å². The van der Waals surface area contributed by atoms with Gasteiger partial charge in [0.15, 0.2) is 0 Å². The third-order valence-corrected chi connectivity index (χ3v) is 5.24. The lowest BCUT2D eigenvalue weighted by atomic mass is 9.98. The summed E-state index contributed by atoms with van der Waals surface area (Å²) in [6.45, 7) is 1.64. The fourth-order valence-electron chi connectivity index (χ4n) is 3.60. The second kappa shape index (κ2) is 7.87. The molecule has 1 saturated heterocycles. The van der Waals surface area contributed by atoms with Crippen LogP contribution in [0.4, 0.5) is 16.2 Å². The van der Waals surface area contributed by atoms with Crippen LogP contribution < -0.4 is 16.4 Å². The van der Waals surface area contributed by atoms with Gasteiger partial charge >= 0.3 is 6.03 Å². The maximum absolute atomic E-state index is 12.3. The smallest absolute Gasteiger partial charge is 0.321 e. The maximum atomic E-state index is 12.3. The van der Waals surface area contributed by atoms with Crippen LogP contribution in [0.1, 0.15) is 51.4 Å². The summed E-state index contributed by atoms with van der Waals surface area (Å²) in [6, 6.07) is 7.17. The first kappa shape index (κ1) is 17.7. The van der Waals surface area contributed by atoms with E-state index in [0.29, 0.717) is 5.69 Å². The van der Waals surface area contributed by atoms with E-state index in [9.17, 15) is 9.59 Å². The van der Waals surface area contributed by atoms with Crippen molar-refractivity contribution in [1.82, 2.24) is 4.90 Å². The topological polar surface area (TPSA) is 87.5 Å². The highest BCUT2D eigenvalue weighted by atomic mass is 16.2. The number of anilines is 2. The maximum Gasteiger partial charge on any atom is 0.321 e. The number of likely N-dealkylation sites (tertiary alicyclic amines) is 1. The number of hydrogen-bond donors (Lipinski definition) is 3. The molecule has 25 heavy (non-hydrogen) atoms. The van der Waals surface area contributed by atoms with E-state index >= 15 is 0 Å². The minimum atomic E-state index is -0.736. The summed E-state index contributed by atoms with van der Waals surface area (Å²) >= 11 is 0. The minimum Gasteiger partial charge on any atom is -0.325 e. The summed E-state index contributed by atoms with van der Waals surface area (Å²) in [6.07, 6.45) is 8.02. The number of carbonyl (C=O) groups excluding carboxylic acids is 2. The first-order chi connectivity index (χ1) is 12.1. The van der Waals surface area contributed by atoms with Gasteiger partial charge in [0.25, 0.3) is 0 Å². The zero-order valence-corrected chi connectivity index (χ0v) is 14.7. The number of amides is 3. The average molecular weight is 344 g/mol. The Bertz CT molecular complexity index is 600. The van der Waals surface area contributed by atoms with Gasteiger partial charge in [-0.2, -0.15) is 0 Å². The van der Waals surface area contributed by atoms with Gasteiger partial charge in [0.1, 0.15) is 0 Å². The molecule has 2 fully saturated rings. The Hall–Kier alpha value is -2.08. The van der Waals surface area contributed by atoms with Crippen LogP contribution in [-0.4, -0.2) is 35.5 Å². The van der Waals surface area contributed by atoms with Gasteiger partial charge in [-0.05, 0) is 49.9 Å². The quantitative estimate of drug-likeness (QED) is 0.786. The number of urea groups is 1. The van der Waals surface area contributed by atoms with Crippen molar-refractivity contribution >= 4 is 23.3 Å². The van der Waals surface area contributed by atoms with Crippen LogP contribution in [0.15, 0.2) is 24.3 Å². The molecule has 3 rings (SSSR count). The monoisotopic (exact) mass is 344 g/mol. The van der Waals surface area contributed by atoms with Crippen LogP contribution in [0.5, 0.6) is 0 Å². The summed E-state index contributed by atoms with van der Waals surface area (Å²) in [5.74, 6) is -0.119. The first-order valence-corrected chi connectivity index (χ1v) is 9.33. The van der Waals surface area contributed by atoms with Crippen molar-refractivity contribution in [2.75, 3.05) is 23.7 Å². The van der Waals surface area contributed by atoms with Crippen LogP contribution in [0, 0.1) is 0 Å². The molecule has 0 radical (unpaired) electrons. The van der Waals surface area contributed by atoms with Gasteiger partial charge in [-0.3, -0.25) is 4.79 Å². The Kier molecular flexibility index (Phi) is 5.58. The molecule has 6 heteroatoms. The molecule has 0 spiro atoms. The van der Waals surface area contributed by atoms with E-state index in [-0.39, 0.29) is 11.9 Å². The van der Waals surface area contributed by atoms with Crippen molar-refractivity contribution in [2.24, 2.45) is 5.73 Å². The first-order valence-electron chi connectivity index (χ1n) is 9.33. The Labute approximate surface area is 149 Å². The number of nitrogens with zero attached hydrogens (tertiary/aromatic N) is 1. The third kappa shape index (κ3) is 4.51. The van der Waals surface area contributed by atoms with E-state index in [0.717, 1.165) is 57.3 Å². The van der Waals surface area contributed by atoms with Crippen LogP contribution in [0.3, 0.4) is 0 Å². The summed E-state index contributed by atoms with van der Waals surface area (Å²) in [5, 5.41) is 5.82. The molecule has 1 aromatic rings. The summed E-state index contributed by atoms with van der Waals surface area (Å²) in [5.41, 5.74) is 6.87. The lowest BCUT2D eigenvalue weighted by Crippen LogP contribution is -2.48. The van der Waals surface area contributed by atoms with Crippen molar-refractivity contribution in [3.05, 3.63) is 24.3 Å². The van der Waals surface area contributed by atoms with E-state index in [1.54, 1.807) is 12.1 Å². The van der Waals surface area contributed by atoms with Gasteiger partial charge in [-0.15, -0.1) is 0 Å². The molecule has 3 amide bonds. The zero-order chi connectivity index (χ0) is 17.7. The molecule has 1 aliphatic heterocycles. The van der Waals surface area contributed by atoms with Crippen LogP contribution in [0.25, 0.3) is 0 Å². The van der Waals surface area contributed by atoms with Crippen molar-refractivity contribution in [3.63, 3.8) is 0 Å². The fourth-order valence-corrected chi connectivity index (χ4v) is 3.60. The van der Waals surface area contributed by atoms with Gasteiger partial charge in [0.2, 0.25) is 5.91 Å². The average Bonchev–Trinajstić information content (AvgIpc) is 2.89. The predicted octanol–water partition coefficient (Wildman–Crippen LogP) is 3.30. The molecule has 2 aliphatic rings. The van der Waals surface area contributed by atoms with E-state index in [1.165, 1.54) is 12.8 Å². The van der Waals surface area contributed by atoms with Crippen LogP contribution >= 0.6 is 0 Å². The van der Waals surface area contributed by atoms with Crippen molar-refractivity contribution in [3.8, 4) is 0 Å². The molecule has 1 aromatic carbocycles. The van der Waals surface area contributed by atoms with Crippen molar-refractivity contribution in [1.29, 1.82) is 0 Å². The number of nitrogens with two attached hydrogens (primary N) is 1. The lowest BCUT2D eigenvalue weighted by Gasteiger charge is -2.22. The Balaban J connectivity index is 1.54. The zero-order valence-electron chi connectivity index (χ0n) is 14.7. The molecule has 0 atom stereocenters. The molecular weight excluding hydrogens is 316 g/mol. The van der Waals surface area contributed by atoms with E-state index in [2.05, 4.69) is 10.6 Å². The van der Waals surface area contributed by atoms with Crippen molar-refractivity contribution < 1.29 is 9.59 Å². The Morgan fingerprint density at radius 3 is 1.92 bits per heavy atom. The number of rotatable bonds is 3. The van der Waals surface area contributed by atoms with Gasteiger partial charge in [-0.25, -0.2) is 4.79 Å². The molecule has 1 saturated carbocycles.